The molecule has 2 aliphatic carbocycles. The van der Waals surface area contributed by atoms with Crippen LogP contribution in [0.25, 0.3) is 0 Å². The zero-order valence-corrected chi connectivity index (χ0v) is 20.5. The molecule has 182 valence electrons. The summed E-state index contributed by atoms with van der Waals surface area (Å²) in [4.78, 5) is 31.0. The monoisotopic (exact) mass is 454 g/mol. The van der Waals surface area contributed by atoms with Crippen LogP contribution in [0.3, 0.4) is 0 Å². The van der Waals surface area contributed by atoms with E-state index in [0.29, 0.717) is 17.2 Å². The van der Waals surface area contributed by atoms with Crippen molar-refractivity contribution in [2.75, 3.05) is 20.1 Å². The molecule has 33 heavy (non-hydrogen) atoms. The molecule has 2 saturated carbocycles. The summed E-state index contributed by atoms with van der Waals surface area (Å²) in [6.45, 7) is 1.62. The highest BCUT2D eigenvalue weighted by Crippen LogP contribution is 2.33. The number of ether oxygens (including phenoxy) is 1. The van der Waals surface area contributed by atoms with E-state index in [4.69, 9.17) is 4.74 Å². The van der Waals surface area contributed by atoms with Gasteiger partial charge in [0.05, 0.1) is 11.6 Å². The van der Waals surface area contributed by atoms with E-state index in [1.807, 2.05) is 36.2 Å². The van der Waals surface area contributed by atoms with Gasteiger partial charge >= 0.3 is 0 Å². The highest BCUT2D eigenvalue weighted by molar-refractivity contribution is 5.96. The van der Waals surface area contributed by atoms with Crippen molar-refractivity contribution in [2.45, 2.75) is 102 Å². The Morgan fingerprint density at radius 3 is 2.27 bits per heavy atom. The summed E-state index contributed by atoms with van der Waals surface area (Å²) in [7, 11) is 1.89. The van der Waals surface area contributed by atoms with Gasteiger partial charge in [0.25, 0.3) is 5.91 Å². The average molecular weight is 455 g/mol. The Morgan fingerprint density at radius 2 is 1.45 bits per heavy atom. The van der Waals surface area contributed by atoms with Gasteiger partial charge in [-0.3, -0.25) is 9.59 Å². The number of carbonyl (C=O) groups excluding carboxylic acids is 2. The van der Waals surface area contributed by atoms with Crippen LogP contribution >= 0.6 is 0 Å². The van der Waals surface area contributed by atoms with Crippen molar-refractivity contribution < 1.29 is 14.3 Å². The fourth-order valence-corrected chi connectivity index (χ4v) is 5.97. The summed E-state index contributed by atoms with van der Waals surface area (Å²) in [5.74, 6) is 1.25. The first kappa shape index (κ1) is 24.1. The second-order valence-electron chi connectivity index (χ2n) is 10.4. The van der Waals surface area contributed by atoms with E-state index in [0.717, 1.165) is 83.7 Å². The molecule has 0 radical (unpaired) electrons. The van der Waals surface area contributed by atoms with Gasteiger partial charge in [-0.25, -0.2) is 0 Å². The lowest BCUT2D eigenvalue weighted by molar-refractivity contribution is -0.142. The summed E-state index contributed by atoms with van der Waals surface area (Å²) in [6.07, 6.45) is 15.4. The average Bonchev–Trinajstić information content (AvgIpc) is 2.86. The molecule has 3 aliphatic rings. The smallest absolute Gasteiger partial charge is 0.257 e. The Kier molecular flexibility index (Phi) is 8.69. The topological polar surface area (TPSA) is 49.9 Å². The minimum Gasteiger partial charge on any atom is -0.487 e. The zero-order chi connectivity index (χ0) is 23.0. The van der Waals surface area contributed by atoms with Crippen molar-refractivity contribution in [1.82, 2.24) is 9.80 Å². The molecule has 5 heteroatoms. The molecule has 5 nitrogen and oxygen atoms in total. The van der Waals surface area contributed by atoms with Gasteiger partial charge in [-0.15, -0.1) is 0 Å². The largest absolute Gasteiger partial charge is 0.487 e. The summed E-state index contributed by atoms with van der Waals surface area (Å²) in [6, 6.07) is 7.79. The van der Waals surface area contributed by atoms with Crippen LogP contribution in [0.2, 0.25) is 0 Å². The van der Waals surface area contributed by atoms with E-state index in [1.54, 1.807) is 0 Å². The lowest BCUT2D eigenvalue weighted by atomic mass is 9.85. The van der Waals surface area contributed by atoms with E-state index >= 15 is 0 Å². The van der Waals surface area contributed by atoms with Gasteiger partial charge in [0.1, 0.15) is 11.9 Å². The van der Waals surface area contributed by atoms with Gasteiger partial charge in [-0.2, -0.15) is 0 Å². The van der Waals surface area contributed by atoms with Crippen LogP contribution in [0.4, 0.5) is 0 Å². The molecule has 0 N–H and O–H groups in total. The van der Waals surface area contributed by atoms with Gasteiger partial charge in [0.15, 0.2) is 0 Å². The van der Waals surface area contributed by atoms with E-state index in [2.05, 4.69) is 4.90 Å². The number of para-hydroxylation sites is 1. The van der Waals surface area contributed by atoms with Crippen molar-refractivity contribution in [1.29, 1.82) is 0 Å². The third kappa shape index (κ3) is 6.10. The molecular formula is C28H42N2O3. The van der Waals surface area contributed by atoms with E-state index < -0.39 is 0 Å². The van der Waals surface area contributed by atoms with Gasteiger partial charge in [0.2, 0.25) is 5.91 Å². The van der Waals surface area contributed by atoms with E-state index in [9.17, 15) is 9.59 Å². The maximum atomic E-state index is 13.8. The van der Waals surface area contributed by atoms with Crippen LogP contribution in [0.15, 0.2) is 24.3 Å². The standard InChI is InChI=1S/C28H42N2O3/c1-29-20-12-3-2-4-13-21-30(27(31)22-14-6-5-7-15-22)24-17-9-11-19-26(24)33-25-18-10-8-16-23(25)28(29)32/h8,10,16,18,22,24,26H,2-7,9,11-15,17,19-21H2,1H3/t24-,26+/m1/s1. The third-order valence-corrected chi connectivity index (χ3v) is 7.94. The molecule has 1 aromatic rings. The number of carbonyl (C=O) groups is 2. The molecule has 0 bridgehead atoms. The van der Waals surface area contributed by atoms with Crippen LogP contribution in [0.5, 0.6) is 5.75 Å². The first-order valence-electron chi connectivity index (χ1n) is 13.5. The van der Waals surface area contributed by atoms with Crippen LogP contribution < -0.4 is 4.74 Å². The Balaban J connectivity index is 1.62. The number of amides is 2. The number of benzene rings is 1. The van der Waals surface area contributed by atoms with Crippen LogP contribution in [-0.4, -0.2) is 53.9 Å². The molecule has 0 spiro atoms. The number of hydrogen-bond acceptors (Lipinski definition) is 3. The van der Waals surface area contributed by atoms with Crippen LogP contribution in [-0.2, 0) is 4.79 Å². The fraction of sp³-hybridized carbons (Fsp3) is 0.714. The Hall–Kier alpha value is -2.04. The van der Waals surface area contributed by atoms with Crippen LogP contribution in [0.1, 0.15) is 100 Å². The van der Waals surface area contributed by atoms with Crippen LogP contribution in [0, 0.1) is 5.92 Å². The Labute approximate surface area is 199 Å². The molecule has 1 aliphatic heterocycles. The van der Waals surface area contributed by atoms with E-state index in [1.165, 1.54) is 19.3 Å². The predicted molar refractivity (Wildman–Crippen MR) is 131 cm³/mol. The highest BCUT2D eigenvalue weighted by atomic mass is 16.5. The summed E-state index contributed by atoms with van der Waals surface area (Å²) >= 11 is 0. The van der Waals surface area contributed by atoms with Crippen molar-refractivity contribution >= 4 is 11.8 Å². The number of nitrogens with zero attached hydrogens (tertiary/aromatic N) is 2. The highest BCUT2D eigenvalue weighted by Gasteiger charge is 2.37. The van der Waals surface area contributed by atoms with Gasteiger partial charge < -0.3 is 14.5 Å². The Morgan fingerprint density at radius 1 is 0.818 bits per heavy atom. The molecule has 2 atom stereocenters. The second kappa shape index (κ2) is 11.9. The van der Waals surface area contributed by atoms with Gasteiger partial charge in [-0.1, -0.05) is 57.1 Å². The summed E-state index contributed by atoms with van der Waals surface area (Å²) < 4.78 is 6.62. The van der Waals surface area contributed by atoms with Gasteiger partial charge in [-0.05, 0) is 57.1 Å². The molecule has 0 unspecified atom stereocenters. The molecule has 4 rings (SSSR count). The Bertz CT molecular complexity index is 789. The maximum Gasteiger partial charge on any atom is 0.257 e. The first-order chi connectivity index (χ1) is 16.1. The fourth-order valence-electron chi connectivity index (χ4n) is 5.97. The summed E-state index contributed by atoms with van der Waals surface area (Å²) in [5, 5.41) is 0. The molecule has 2 amide bonds. The van der Waals surface area contributed by atoms with Crippen molar-refractivity contribution in [3.05, 3.63) is 29.8 Å². The molecule has 1 aromatic carbocycles. The lowest BCUT2D eigenvalue weighted by Gasteiger charge is -2.42. The number of fused-ring (bicyclic) bond motifs is 2. The molecular weight excluding hydrogens is 412 g/mol. The first-order valence-corrected chi connectivity index (χ1v) is 13.5. The number of rotatable bonds is 1. The molecule has 2 fully saturated rings. The van der Waals surface area contributed by atoms with Crippen molar-refractivity contribution in [3.8, 4) is 5.75 Å². The molecule has 0 aromatic heterocycles. The minimum absolute atomic E-state index is 0.0305. The maximum absolute atomic E-state index is 13.8. The minimum atomic E-state index is -0.0457. The molecule has 0 saturated heterocycles. The normalized spacial score (nSPS) is 26.4. The third-order valence-electron chi connectivity index (χ3n) is 7.94. The molecule has 1 heterocycles. The number of hydrogen-bond donors (Lipinski definition) is 0. The van der Waals surface area contributed by atoms with Gasteiger partial charge in [0, 0.05) is 26.1 Å². The summed E-state index contributed by atoms with van der Waals surface area (Å²) in [5.41, 5.74) is 0.643. The SMILES string of the molecule is CN1CCCCCCCN(C(=O)C2CCCCC2)[C@@H]2CCCC[C@@H]2Oc2ccccc2C1=O. The predicted octanol–water partition coefficient (Wildman–Crippen LogP) is 5.82. The van der Waals surface area contributed by atoms with Crippen molar-refractivity contribution in [3.63, 3.8) is 0 Å². The second-order valence-corrected chi connectivity index (χ2v) is 10.4. The zero-order valence-electron chi connectivity index (χ0n) is 20.5. The quantitative estimate of drug-likeness (QED) is 0.537. The lowest BCUT2D eigenvalue weighted by Crippen LogP contribution is -2.52. The van der Waals surface area contributed by atoms with E-state index in [-0.39, 0.29) is 24.0 Å². The van der Waals surface area contributed by atoms with Crippen molar-refractivity contribution in [2.24, 2.45) is 5.92 Å².